The molecule has 4 aromatic rings. The van der Waals surface area contributed by atoms with Gasteiger partial charge in [-0.3, -0.25) is 14.3 Å². The number of carbonyl (C=O) groups is 2. The molecule has 0 saturated carbocycles. The Labute approximate surface area is 238 Å². The Balaban J connectivity index is 1.20. The molecule has 0 unspecified atom stereocenters. The highest BCUT2D eigenvalue weighted by atomic mass is 32.2. The van der Waals surface area contributed by atoms with Crippen LogP contribution in [0.3, 0.4) is 0 Å². The lowest BCUT2D eigenvalue weighted by molar-refractivity contribution is -0.128. The highest BCUT2D eigenvalue weighted by Gasteiger charge is 2.32. The van der Waals surface area contributed by atoms with Gasteiger partial charge in [-0.15, -0.1) is 11.8 Å². The number of nitrogens with one attached hydrogen (secondary N) is 2. The summed E-state index contributed by atoms with van der Waals surface area (Å²) >= 11 is 1.59. The first-order valence-electron chi connectivity index (χ1n) is 12.8. The number of carbonyl (C=O) groups excluding carboxylic acids is 2. The molecule has 7 nitrogen and oxygen atoms in total. The van der Waals surface area contributed by atoms with E-state index < -0.39 is 10.0 Å². The molecule has 0 bridgehead atoms. The zero-order chi connectivity index (χ0) is 28.1. The van der Waals surface area contributed by atoms with Gasteiger partial charge in [-0.25, -0.2) is 8.42 Å². The van der Waals surface area contributed by atoms with Crippen molar-refractivity contribution in [3.05, 3.63) is 125 Å². The minimum atomic E-state index is -3.76. The van der Waals surface area contributed by atoms with E-state index in [9.17, 15) is 18.0 Å². The Morgan fingerprint density at radius 1 is 0.900 bits per heavy atom. The van der Waals surface area contributed by atoms with E-state index in [0.29, 0.717) is 29.2 Å². The monoisotopic (exact) mass is 571 g/mol. The van der Waals surface area contributed by atoms with Crippen molar-refractivity contribution in [2.75, 3.05) is 22.3 Å². The standard InChI is InChI=1S/C31H29N3O4S2/c1-22-6-5-9-27(20-22)33-40(37,38)28-16-14-26(15-17-28)32-30(36)24-10-12-25(13-11-24)31-34(29(35)21-39-31)19-18-23-7-3-2-4-8-23/h2-17,20,31,33H,18-19,21H2,1H3,(H,32,36)/t31-/m0/s1. The molecule has 1 fully saturated rings. The molecular weight excluding hydrogens is 542 g/mol. The Hall–Kier alpha value is -4.08. The van der Waals surface area contributed by atoms with Gasteiger partial charge in [0.2, 0.25) is 5.91 Å². The molecule has 1 atom stereocenters. The number of benzene rings is 4. The third kappa shape index (κ3) is 6.55. The van der Waals surface area contributed by atoms with Crippen molar-refractivity contribution in [2.24, 2.45) is 0 Å². The first kappa shape index (κ1) is 27.5. The molecule has 40 heavy (non-hydrogen) atoms. The van der Waals surface area contributed by atoms with E-state index in [1.807, 2.05) is 48.2 Å². The first-order valence-corrected chi connectivity index (χ1v) is 15.4. The van der Waals surface area contributed by atoms with Gasteiger partial charge in [0.25, 0.3) is 15.9 Å². The fourth-order valence-electron chi connectivity index (χ4n) is 4.51. The summed E-state index contributed by atoms with van der Waals surface area (Å²) in [5.41, 5.74) is 4.53. The lowest BCUT2D eigenvalue weighted by Crippen LogP contribution is -2.30. The summed E-state index contributed by atoms with van der Waals surface area (Å²) in [6.07, 6.45) is 0.784. The molecule has 204 valence electrons. The lowest BCUT2D eigenvalue weighted by Gasteiger charge is -2.24. The Morgan fingerprint density at radius 2 is 1.62 bits per heavy atom. The summed E-state index contributed by atoms with van der Waals surface area (Å²) < 4.78 is 28.1. The summed E-state index contributed by atoms with van der Waals surface area (Å²) in [5.74, 6) is 0.247. The smallest absolute Gasteiger partial charge is 0.261 e. The van der Waals surface area contributed by atoms with Crippen LogP contribution < -0.4 is 10.0 Å². The quantitative estimate of drug-likeness (QED) is 0.262. The van der Waals surface area contributed by atoms with Gasteiger partial charge in [-0.2, -0.15) is 0 Å². The Morgan fingerprint density at radius 3 is 2.33 bits per heavy atom. The molecule has 5 rings (SSSR count). The molecule has 1 saturated heterocycles. The van der Waals surface area contributed by atoms with Crippen LogP contribution in [0.25, 0.3) is 0 Å². The third-order valence-corrected chi connectivity index (χ3v) is 9.26. The molecule has 0 radical (unpaired) electrons. The summed E-state index contributed by atoms with van der Waals surface area (Å²) in [7, 11) is -3.76. The Bertz CT molecular complexity index is 1610. The fourth-order valence-corrected chi connectivity index (χ4v) is 6.78. The number of anilines is 2. The zero-order valence-electron chi connectivity index (χ0n) is 21.9. The van der Waals surface area contributed by atoms with Crippen molar-refractivity contribution in [1.29, 1.82) is 0 Å². The molecule has 2 N–H and O–H groups in total. The number of amides is 2. The molecule has 9 heteroatoms. The average molecular weight is 572 g/mol. The van der Waals surface area contributed by atoms with Gasteiger partial charge in [-0.1, -0.05) is 54.6 Å². The first-order chi connectivity index (χ1) is 19.3. The molecular formula is C31H29N3O4S2. The van der Waals surface area contributed by atoms with Crippen LogP contribution in [0.5, 0.6) is 0 Å². The number of aryl methyl sites for hydroxylation is 1. The van der Waals surface area contributed by atoms with Crippen molar-refractivity contribution >= 4 is 45.0 Å². The SMILES string of the molecule is Cc1cccc(NS(=O)(=O)c2ccc(NC(=O)c3ccc([C@@H]4SCC(=O)N4CCc4ccccc4)cc3)cc2)c1. The predicted molar refractivity (Wildman–Crippen MR) is 160 cm³/mol. The van der Waals surface area contributed by atoms with E-state index in [0.717, 1.165) is 17.5 Å². The van der Waals surface area contributed by atoms with Crippen molar-refractivity contribution in [3.8, 4) is 0 Å². The maximum absolute atomic E-state index is 12.9. The van der Waals surface area contributed by atoms with Crippen LogP contribution in [0.2, 0.25) is 0 Å². The summed E-state index contributed by atoms with van der Waals surface area (Å²) in [6.45, 7) is 2.52. The van der Waals surface area contributed by atoms with Crippen LogP contribution in [0.15, 0.2) is 108 Å². The van der Waals surface area contributed by atoms with Gasteiger partial charge < -0.3 is 10.2 Å². The maximum atomic E-state index is 12.9. The lowest BCUT2D eigenvalue weighted by atomic mass is 10.1. The van der Waals surface area contributed by atoms with Gasteiger partial charge in [-0.05, 0) is 78.6 Å². The zero-order valence-corrected chi connectivity index (χ0v) is 23.5. The molecule has 0 aliphatic carbocycles. The van der Waals surface area contributed by atoms with Crippen molar-refractivity contribution in [1.82, 2.24) is 4.90 Å². The van der Waals surface area contributed by atoms with Crippen LogP contribution >= 0.6 is 11.8 Å². The van der Waals surface area contributed by atoms with Crippen molar-refractivity contribution in [2.45, 2.75) is 23.6 Å². The third-order valence-electron chi connectivity index (χ3n) is 6.60. The van der Waals surface area contributed by atoms with Gasteiger partial charge in [0.15, 0.2) is 0 Å². The van der Waals surface area contributed by atoms with Crippen LogP contribution in [0.1, 0.15) is 32.4 Å². The highest BCUT2D eigenvalue weighted by molar-refractivity contribution is 8.00. The number of sulfonamides is 1. The molecule has 0 spiro atoms. The Kier molecular flexibility index (Phi) is 8.23. The van der Waals surface area contributed by atoms with E-state index in [2.05, 4.69) is 22.2 Å². The van der Waals surface area contributed by atoms with Crippen molar-refractivity contribution < 1.29 is 18.0 Å². The minimum absolute atomic E-state index is 0.0868. The molecule has 4 aromatic carbocycles. The molecule has 2 amide bonds. The van der Waals surface area contributed by atoms with Crippen LogP contribution in [0.4, 0.5) is 11.4 Å². The van der Waals surface area contributed by atoms with E-state index in [4.69, 9.17) is 0 Å². The van der Waals surface area contributed by atoms with Gasteiger partial charge in [0.05, 0.1) is 10.6 Å². The number of rotatable bonds is 9. The number of nitrogens with zero attached hydrogens (tertiary/aromatic N) is 1. The molecule has 1 aliphatic heterocycles. The topological polar surface area (TPSA) is 95.6 Å². The fraction of sp³-hybridized carbons (Fsp3) is 0.161. The maximum Gasteiger partial charge on any atom is 0.261 e. The second kappa shape index (κ2) is 12.0. The number of hydrogen-bond acceptors (Lipinski definition) is 5. The van der Waals surface area contributed by atoms with Gasteiger partial charge >= 0.3 is 0 Å². The number of hydrogen-bond donors (Lipinski definition) is 2. The summed E-state index contributed by atoms with van der Waals surface area (Å²) in [6, 6.07) is 30.5. The van der Waals surface area contributed by atoms with Crippen LogP contribution in [-0.4, -0.2) is 37.4 Å². The molecule has 1 aliphatic rings. The normalized spacial score (nSPS) is 15.2. The largest absolute Gasteiger partial charge is 0.326 e. The van der Waals surface area contributed by atoms with Gasteiger partial charge in [0.1, 0.15) is 5.37 Å². The average Bonchev–Trinajstić information content (AvgIpc) is 3.32. The second-order valence-electron chi connectivity index (χ2n) is 9.56. The second-order valence-corrected chi connectivity index (χ2v) is 12.3. The van der Waals surface area contributed by atoms with Crippen LogP contribution in [0, 0.1) is 6.92 Å². The molecule has 1 heterocycles. The van der Waals surface area contributed by atoms with E-state index in [1.54, 1.807) is 54.2 Å². The number of thioether (sulfide) groups is 1. The van der Waals surface area contributed by atoms with Gasteiger partial charge in [0, 0.05) is 23.5 Å². The summed E-state index contributed by atoms with van der Waals surface area (Å²) in [5, 5.41) is 2.73. The van der Waals surface area contributed by atoms with Crippen LogP contribution in [-0.2, 0) is 21.2 Å². The highest BCUT2D eigenvalue weighted by Crippen LogP contribution is 2.38. The molecule has 0 aromatic heterocycles. The minimum Gasteiger partial charge on any atom is -0.326 e. The predicted octanol–water partition coefficient (Wildman–Crippen LogP) is 5.86. The van der Waals surface area contributed by atoms with E-state index >= 15 is 0 Å². The van der Waals surface area contributed by atoms with E-state index in [-0.39, 0.29) is 22.1 Å². The van der Waals surface area contributed by atoms with Crippen molar-refractivity contribution in [3.63, 3.8) is 0 Å². The summed E-state index contributed by atoms with van der Waals surface area (Å²) in [4.78, 5) is 27.4. The van der Waals surface area contributed by atoms with E-state index in [1.165, 1.54) is 17.7 Å².